The van der Waals surface area contributed by atoms with Crippen LogP contribution < -0.4 is 0 Å². The summed E-state index contributed by atoms with van der Waals surface area (Å²) in [5, 5.41) is 0. The zero-order valence-electron chi connectivity index (χ0n) is 23.3. The fraction of sp³-hybridized carbons (Fsp3) is 0.935. The Balaban J connectivity index is 3.07. The highest BCUT2D eigenvalue weighted by atomic mass is 15.3. The van der Waals surface area contributed by atoms with Crippen molar-refractivity contribution in [2.75, 3.05) is 27.7 Å². The van der Waals surface area contributed by atoms with Crippen molar-refractivity contribution < 1.29 is 4.48 Å². The van der Waals surface area contributed by atoms with E-state index in [2.05, 4.69) is 40.2 Å². The van der Waals surface area contributed by atoms with Crippen molar-refractivity contribution >= 4 is 0 Å². The van der Waals surface area contributed by atoms with E-state index in [0.29, 0.717) is 0 Å². The molecule has 0 aliphatic rings. The molecule has 0 bridgehead atoms. The first-order valence-corrected chi connectivity index (χ1v) is 15.0. The summed E-state index contributed by atoms with van der Waals surface area (Å²) in [5.74, 6) is 0. The van der Waals surface area contributed by atoms with Crippen LogP contribution in [0.3, 0.4) is 0 Å². The maximum atomic E-state index is 2.39. The Bertz CT molecular complexity index is 365. The first-order valence-electron chi connectivity index (χ1n) is 15.0. The largest absolute Gasteiger partial charge is 0.328 e. The van der Waals surface area contributed by atoms with Gasteiger partial charge in [-0.15, -0.1) is 0 Å². The van der Waals surface area contributed by atoms with Gasteiger partial charge >= 0.3 is 0 Å². The van der Waals surface area contributed by atoms with Crippen molar-refractivity contribution in [3.8, 4) is 0 Å². The third-order valence-electron chi connectivity index (χ3n) is 6.79. The van der Waals surface area contributed by atoms with Crippen molar-refractivity contribution in [1.29, 1.82) is 0 Å². The SMILES string of the molecule is CCCCCCCCCCCCCCCCCCCCCCCCC/C=C/C[N+](C)(C)C. The van der Waals surface area contributed by atoms with Crippen LogP contribution in [0.5, 0.6) is 0 Å². The molecule has 1 heteroatoms. The molecule has 0 unspecified atom stereocenters. The van der Waals surface area contributed by atoms with Gasteiger partial charge in [0.2, 0.25) is 0 Å². The molecule has 32 heavy (non-hydrogen) atoms. The standard InChI is InChI=1S/C31H64N/c1-5-6-7-8-9-10-11-12-13-14-15-16-17-18-19-20-21-22-23-24-25-26-27-28-29-30-31-32(2,3)4/h29-30H,5-28,31H2,1-4H3/q+1/b30-29+. The Hall–Kier alpha value is -0.300. The molecule has 0 N–H and O–H groups in total. The molecule has 0 aliphatic heterocycles. The normalized spacial score (nSPS) is 12.2. The fourth-order valence-corrected chi connectivity index (χ4v) is 4.56. The van der Waals surface area contributed by atoms with Gasteiger partial charge in [0.15, 0.2) is 0 Å². The number of nitrogens with zero attached hydrogens (tertiary/aromatic N) is 1. The second-order valence-corrected chi connectivity index (χ2v) is 11.5. The molecular weight excluding hydrogens is 386 g/mol. The molecule has 0 aromatic heterocycles. The van der Waals surface area contributed by atoms with Crippen molar-refractivity contribution in [3.63, 3.8) is 0 Å². The van der Waals surface area contributed by atoms with Gasteiger partial charge in [-0.05, 0) is 18.9 Å². The van der Waals surface area contributed by atoms with Crippen LogP contribution in [-0.4, -0.2) is 32.2 Å². The molecule has 192 valence electrons. The van der Waals surface area contributed by atoms with Gasteiger partial charge in [0.25, 0.3) is 0 Å². The van der Waals surface area contributed by atoms with Crippen LogP contribution in [0, 0.1) is 0 Å². The van der Waals surface area contributed by atoms with Crippen LogP contribution in [-0.2, 0) is 0 Å². The topological polar surface area (TPSA) is 0 Å². The van der Waals surface area contributed by atoms with E-state index < -0.39 is 0 Å². The maximum Gasteiger partial charge on any atom is 0.0967 e. The van der Waals surface area contributed by atoms with E-state index in [1.54, 1.807) is 0 Å². The molecule has 0 radical (unpaired) electrons. The first-order chi connectivity index (χ1) is 15.6. The van der Waals surface area contributed by atoms with Crippen molar-refractivity contribution in [3.05, 3.63) is 12.2 Å². The Kier molecular flexibility index (Phi) is 25.1. The summed E-state index contributed by atoms with van der Waals surface area (Å²) in [6, 6.07) is 0. The summed E-state index contributed by atoms with van der Waals surface area (Å²) in [4.78, 5) is 0. The molecule has 0 rings (SSSR count). The predicted octanol–water partition coefficient (Wildman–Crippen LogP) is 10.6. The Morgan fingerprint density at radius 1 is 0.375 bits per heavy atom. The molecule has 0 aliphatic carbocycles. The highest BCUT2D eigenvalue weighted by Gasteiger charge is 2.01. The van der Waals surface area contributed by atoms with Gasteiger partial charge in [-0.25, -0.2) is 0 Å². The van der Waals surface area contributed by atoms with E-state index in [1.165, 1.54) is 154 Å². The third kappa shape index (κ3) is 29.7. The molecule has 0 aromatic rings. The monoisotopic (exact) mass is 451 g/mol. The first kappa shape index (κ1) is 31.7. The summed E-state index contributed by atoms with van der Waals surface area (Å²) in [6.07, 6.45) is 39.7. The van der Waals surface area contributed by atoms with Crippen LogP contribution in [0.2, 0.25) is 0 Å². The van der Waals surface area contributed by atoms with Gasteiger partial charge in [0, 0.05) is 0 Å². The average Bonchev–Trinajstić information content (AvgIpc) is 2.75. The van der Waals surface area contributed by atoms with Crippen LogP contribution in [0.1, 0.15) is 161 Å². The summed E-state index contributed by atoms with van der Waals surface area (Å²) in [7, 11) is 6.76. The van der Waals surface area contributed by atoms with Gasteiger partial charge in [0.1, 0.15) is 0 Å². The fourth-order valence-electron chi connectivity index (χ4n) is 4.56. The summed E-state index contributed by atoms with van der Waals surface area (Å²) in [5.41, 5.74) is 0. The number of allylic oxidation sites excluding steroid dienone is 1. The molecule has 0 saturated heterocycles. The average molecular weight is 451 g/mol. The van der Waals surface area contributed by atoms with Gasteiger partial charge in [0.05, 0.1) is 27.7 Å². The second kappa shape index (κ2) is 25.3. The molecule has 0 spiro atoms. The van der Waals surface area contributed by atoms with E-state index in [-0.39, 0.29) is 0 Å². The number of unbranched alkanes of at least 4 members (excludes halogenated alkanes) is 23. The second-order valence-electron chi connectivity index (χ2n) is 11.5. The highest BCUT2D eigenvalue weighted by Crippen LogP contribution is 2.15. The Labute approximate surface area is 205 Å². The van der Waals surface area contributed by atoms with Crippen molar-refractivity contribution in [2.45, 2.75) is 161 Å². The van der Waals surface area contributed by atoms with E-state index in [0.717, 1.165) is 11.0 Å². The molecule has 0 heterocycles. The Morgan fingerprint density at radius 2 is 0.656 bits per heavy atom. The molecule has 0 atom stereocenters. The molecule has 0 saturated carbocycles. The molecule has 1 nitrogen and oxygen atoms in total. The van der Waals surface area contributed by atoms with E-state index in [9.17, 15) is 0 Å². The minimum atomic E-state index is 1.04. The van der Waals surface area contributed by atoms with E-state index >= 15 is 0 Å². The van der Waals surface area contributed by atoms with Crippen molar-refractivity contribution in [2.24, 2.45) is 0 Å². The minimum absolute atomic E-state index is 1.04. The summed E-state index contributed by atoms with van der Waals surface area (Å²) >= 11 is 0. The van der Waals surface area contributed by atoms with Crippen LogP contribution in [0.25, 0.3) is 0 Å². The lowest BCUT2D eigenvalue weighted by atomic mass is 10.0. The van der Waals surface area contributed by atoms with Gasteiger partial charge in [-0.3, -0.25) is 0 Å². The number of hydrogen-bond acceptors (Lipinski definition) is 0. The lowest BCUT2D eigenvalue weighted by molar-refractivity contribution is -0.864. The lowest BCUT2D eigenvalue weighted by Gasteiger charge is -2.21. The number of hydrogen-bond donors (Lipinski definition) is 0. The van der Waals surface area contributed by atoms with Crippen molar-refractivity contribution in [1.82, 2.24) is 0 Å². The van der Waals surface area contributed by atoms with E-state index in [1.807, 2.05) is 0 Å². The van der Waals surface area contributed by atoms with Crippen LogP contribution in [0.15, 0.2) is 12.2 Å². The zero-order valence-corrected chi connectivity index (χ0v) is 23.3. The van der Waals surface area contributed by atoms with Crippen LogP contribution in [0.4, 0.5) is 0 Å². The molecule has 0 fully saturated rings. The zero-order chi connectivity index (χ0) is 23.6. The molecule has 0 aromatic carbocycles. The minimum Gasteiger partial charge on any atom is -0.328 e. The lowest BCUT2D eigenvalue weighted by Crippen LogP contribution is -2.34. The molecule has 0 amide bonds. The summed E-state index contributed by atoms with van der Waals surface area (Å²) < 4.78 is 1.04. The molecular formula is C31H64N+. The summed E-state index contributed by atoms with van der Waals surface area (Å²) in [6.45, 7) is 3.46. The number of likely N-dealkylation sites (N-methyl/N-ethyl adjacent to an activating group) is 1. The van der Waals surface area contributed by atoms with Gasteiger partial charge in [-0.1, -0.05) is 154 Å². The van der Waals surface area contributed by atoms with Crippen LogP contribution >= 0.6 is 0 Å². The third-order valence-corrected chi connectivity index (χ3v) is 6.79. The number of rotatable bonds is 26. The van der Waals surface area contributed by atoms with E-state index in [4.69, 9.17) is 0 Å². The van der Waals surface area contributed by atoms with Gasteiger partial charge in [-0.2, -0.15) is 0 Å². The Morgan fingerprint density at radius 3 is 0.938 bits per heavy atom. The quantitative estimate of drug-likeness (QED) is 0.0698. The smallest absolute Gasteiger partial charge is 0.0967 e. The number of quaternary nitrogens is 1. The van der Waals surface area contributed by atoms with Gasteiger partial charge < -0.3 is 4.48 Å². The highest BCUT2D eigenvalue weighted by molar-refractivity contribution is 4.81. The maximum absolute atomic E-state index is 2.39. The predicted molar refractivity (Wildman–Crippen MR) is 149 cm³/mol.